The van der Waals surface area contributed by atoms with Crippen LogP contribution < -0.4 is 5.32 Å². The van der Waals surface area contributed by atoms with Gasteiger partial charge in [-0.25, -0.2) is 9.79 Å². The average molecular weight is 490 g/mol. The molecule has 0 radical (unpaired) electrons. The molecule has 1 aliphatic rings. The monoisotopic (exact) mass is 489 g/mol. The third-order valence-electron chi connectivity index (χ3n) is 4.26. The van der Waals surface area contributed by atoms with Crippen LogP contribution in [0.3, 0.4) is 0 Å². The van der Waals surface area contributed by atoms with E-state index in [-0.39, 0.29) is 18.2 Å². The Kier molecular flexibility index (Phi) is 7.28. The number of halogens is 1. The van der Waals surface area contributed by atoms with Gasteiger partial charge in [0.05, 0.1) is 17.9 Å². The van der Waals surface area contributed by atoms with Gasteiger partial charge in [0, 0.05) is 23.6 Å². The molecule has 1 fully saturated rings. The molecule has 0 saturated carbocycles. The van der Waals surface area contributed by atoms with Crippen LogP contribution in [0.1, 0.15) is 23.7 Å². The molecule has 0 spiro atoms. The van der Waals surface area contributed by atoms with Crippen molar-refractivity contribution in [1.82, 2.24) is 4.90 Å². The van der Waals surface area contributed by atoms with Crippen molar-refractivity contribution in [1.29, 1.82) is 0 Å². The molecule has 1 atom stereocenters. The molecule has 7 nitrogen and oxygen atoms in total. The summed E-state index contributed by atoms with van der Waals surface area (Å²) in [6.45, 7) is 2.05. The van der Waals surface area contributed by atoms with E-state index < -0.39 is 11.2 Å². The number of thioether (sulfide) groups is 1. The fourth-order valence-electron chi connectivity index (χ4n) is 2.68. The lowest BCUT2D eigenvalue weighted by Gasteiger charge is -2.28. The number of rotatable bonds is 5. The van der Waals surface area contributed by atoms with E-state index in [1.807, 2.05) is 12.1 Å². The SMILES string of the molecule is CCOC(=O)c1ccc(N=C2SC(C(=O)Nc3cccc(Br)c3)CC(=O)N2C)cc1. The first-order chi connectivity index (χ1) is 14.4. The van der Waals surface area contributed by atoms with Gasteiger partial charge in [-0.1, -0.05) is 33.8 Å². The van der Waals surface area contributed by atoms with Gasteiger partial charge in [0.2, 0.25) is 11.8 Å². The van der Waals surface area contributed by atoms with Crippen molar-refractivity contribution >= 4 is 62.0 Å². The highest BCUT2D eigenvalue weighted by atomic mass is 79.9. The Morgan fingerprint density at radius 3 is 2.67 bits per heavy atom. The van der Waals surface area contributed by atoms with E-state index in [1.54, 1.807) is 50.4 Å². The number of nitrogens with one attached hydrogen (secondary N) is 1. The Labute approximate surface area is 187 Å². The number of amidine groups is 1. The van der Waals surface area contributed by atoms with Gasteiger partial charge in [0.25, 0.3) is 0 Å². The molecular formula is C21H20BrN3O4S. The summed E-state index contributed by atoms with van der Waals surface area (Å²) in [5, 5.41) is 2.67. The van der Waals surface area contributed by atoms with Gasteiger partial charge in [-0.05, 0) is 49.4 Å². The van der Waals surface area contributed by atoms with Crippen LogP contribution in [0, 0.1) is 0 Å². The molecular weight excluding hydrogens is 470 g/mol. The topological polar surface area (TPSA) is 88.1 Å². The van der Waals surface area contributed by atoms with Gasteiger partial charge in [-0.15, -0.1) is 0 Å². The third-order valence-corrected chi connectivity index (χ3v) is 5.99. The van der Waals surface area contributed by atoms with Gasteiger partial charge in [0.1, 0.15) is 5.25 Å². The van der Waals surface area contributed by atoms with E-state index in [0.717, 1.165) is 4.47 Å². The molecule has 1 N–H and O–H groups in total. The first-order valence-corrected chi connectivity index (χ1v) is 10.9. The summed E-state index contributed by atoms with van der Waals surface area (Å²) in [6, 6.07) is 13.8. The van der Waals surface area contributed by atoms with Crippen molar-refractivity contribution in [3.8, 4) is 0 Å². The molecule has 3 rings (SSSR count). The highest BCUT2D eigenvalue weighted by molar-refractivity contribution is 9.10. The van der Waals surface area contributed by atoms with Crippen molar-refractivity contribution in [2.45, 2.75) is 18.6 Å². The third kappa shape index (κ3) is 5.48. The largest absolute Gasteiger partial charge is 0.462 e. The van der Waals surface area contributed by atoms with Gasteiger partial charge in [-0.3, -0.25) is 14.5 Å². The highest BCUT2D eigenvalue weighted by Crippen LogP contribution is 2.29. The number of amides is 2. The molecule has 2 aromatic rings. The number of hydrogen-bond donors (Lipinski definition) is 1. The Bertz CT molecular complexity index is 994. The smallest absolute Gasteiger partial charge is 0.338 e. The van der Waals surface area contributed by atoms with Crippen LogP contribution in [0.5, 0.6) is 0 Å². The van der Waals surface area contributed by atoms with Crippen LogP contribution in [-0.4, -0.2) is 46.8 Å². The van der Waals surface area contributed by atoms with Gasteiger partial charge < -0.3 is 10.1 Å². The average Bonchev–Trinajstić information content (AvgIpc) is 2.72. The number of ether oxygens (including phenoxy) is 1. The second-order valence-electron chi connectivity index (χ2n) is 6.42. The molecule has 2 amide bonds. The zero-order valence-electron chi connectivity index (χ0n) is 16.4. The number of hydrogen-bond acceptors (Lipinski definition) is 6. The Morgan fingerprint density at radius 1 is 1.27 bits per heavy atom. The Hall–Kier alpha value is -2.65. The van der Waals surface area contributed by atoms with Crippen molar-refractivity contribution in [3.63, 3.8) is 0 Å². The number of aliphatic imine (C=N–C) groups is 1. The van der Waals surface area contributed by atoms with Crippen LogP contribution >= 0.6 is 27.7 Å². The molecule has 0 aliphatic carbocycles. The van der Waals surface area contributed by atoms with E-state index in [2.05, 4.69) is 26.2 Å². The standard InChI is InChI=1S/C21H20BrN3O4S/c1-3-29-20(28)13-7-9-15(10-8-13)24-21-25(2)18(26)12-17(30-21)19(27)23-16-6-4-5-14(22)11-16/h4-11,17H,3,12H2,1-2H3,(H,23,27). The minimum absolute atomic E-state index is 0.0851. The molecule has 1 unspecified atom stereocenters. The number of benzene rings is 2. The normalized spacial score (nSPS) is 17.7. The second kappa shape index (κ2) is 9.90. The highest BCUT2D eigenvalue weighted by Gasteiger charge is 2.34. The molecule has 1 heterocycles. The fraction of sp³-hybridized carbons (Fsp3) is 0.238. The lowest BCUT2D eigenvalue weighted by molar-refractivity contribution is -0.128. The van der Waals surface area contributed by atoms with E-state index in [9.17, 15) is 14.4 Å². The van der Waals surface area contributed by atoms with E-state index in [0.29, 0.717) is 28.7 Å². The predicted molar refractivity (Wildman–Crippen MR) is 121 cm³/mol. The van der Waals surface area contributed by atoms with E-state index >= 15 is 0 Å². The first-order valence-electron chi connectivity index (χ1n) is 9.23. The maximum atomic E-state index is 12.7. The van der Waals surface area contributed by atoms with E-state index in [4.69, 9.17) is 4.74 Å². The van der Waals surface area contributed by atoms with Crippen LogP contribution in [0.2, 0.25) is 0 Å². The van der Waals surface area contributed by atoms with Crippen molar-refractivity contribution < 1.29 is 19.1 Å². The summed E-state index contributed by atoms with van der Waals surface area (Å²) in [5.41, 5.74) is 1.64. The van der Waals surface area contributed by atoms with Crippen molar-refractivity contribution in [2.75, 3.05) is 19.0 Å². The number of carbonyl (C=O) groups excluding carboxylic acids is 3. The molecule has 156 valence electrons. The zero-order valence-corrected chi connectivity index (χ0v) is 18.8. The summed E-state index contributed by atoms with van der Waals surface area (Å²) in [5.74, 6) is -0.852. The summed E-state index contributed by atoms with van der Waals surface area (Å²) < 4.78 is 5.81. The van der Waals surface area contributed by atoms with Gasteiger partial charge >= 0.3 is 5.97 Å². The lowest BCUT2D eigenvalue weighted by atomic mass is 10.2. The van der Waals surface area contributed by atoms with Crippen molar-refractivity contribution in [3.05, 3.63) is 58.6 Å². The van der Waals surface area contributed by atoms with Crippen LogP contribution in [0.4, 0.5) is 11.4 Å². The second-order valence-corrected chi connectivity index (χ2v) is 8.51. The number of carbonyl (C=O) groups is 3. The molecule has 1 aliphatic heterocycles. The minimum atomic E-state index is -0.592. The number of nitrogens with zero attached hydrogens (tertiary/aromatic N) is 2. The number of anilines is 1. The maximum absolute atomic E-state index is 12.7. The van der Waals surface area contributed by atoms with Crippen molar-refractivity contribution in [2.24, 2.45) is 4.99 Å². The summed E-state index contributed by atoms with van der Waals surface area (Å²) in [6.07, 6.45) is 0.0851. The summed E-state index contributed by atoms with van der Waals surface area (Å²) >= 11 is 4.60. The molecule has 0 aromatic heterocycles. The Morgan fingerprint density at radius 2 is 2.00 bits per heavy atom. The number of esters is 1. The first kappa shape index (κ1) is 22.0. The molecule has 30 heavy (non-hydrogen) atoms. The molecule has 9 heteroatoms. The molecule has 2 aromatic carbocycles. The van der Waals surface area contributed by atoms with Crippen LogP contribution in [-0.2, 0) is 14.3 Å². The minimum Gasteiger partial charge on any atom is -0.462 e. The summed E-state index contributed by atoms with van der Waals surface area (Å²) in [7, 11) is 1.63. The summed E-state index contributed by atoms with van der Waals surface area (Å²) in [4.78, 5) is 42.8. The Balaban J connectivity index is 1.74. The van der Waals surface area contributed by atoms with E-state index in [1.165, 1.54) is 16.7 Å². The van der Waals surface area contributed by atoms with Gasteiger partial charge in [-0.2, -0.15) is 0 Å². The zero-order chi connectivity index (χ0) is 21.7. The van der Waals surface area contributed by atoms with Crippen LogP contribution in [0.25, 0.3) is 0 Å². The van der Waals surface area contributed by atoms with Crippen LogP contribution in [0.15, 0.2) is 58.0 Å². The quantitative estimate of drug-likeness (QED) is 0.635. The molecule has 1 saturated heterocycles. The maximum Gasteiger partial charge on any atom is 0.338 e. The van der Waals surface area contributed by atoms with Gasteiger partial charge in [0.15, 0.2) is 5.17 Å². The molecule has 0 bridgehead atoms. The lowest BCUT2D eigenvalue weighted by Crippen LogP contribution is -2.43. The predicted octanol–water partition coefficient (Wildman–Crippen LogP) is 4.22. The fourth-order valence-corrected chi connectivity index (χ4v) is 4.15.